The molecular formula is C35H42ClF3N8O7S. The first-order chi connectivity index (χ1) is 25.4. The molecule has 1 aromatic heterocycles. The van der Waals surface area contributed by atoms with E-state index in [9.17, 15) is 36.0 Å². The highest BCUT2D eigenvalue weighted by Gasteiger charge is 2.46. The summed E-state index contributed by atoms with van der Waals surface area (Å²) in [7, 11) is -4.10. The second-order valence-electron chi connectivity index (χ2n) is 15.2. The normalized spacial score (nSPS) is 18.3. The molecule has 1 saturated carbocycles. The van der Waals surface area contributed by atoms with Gasteiger partial charge in [-0.1, -0.05) is 23.7 Å². The lowest BCUT2D eigenvalue weighted by molar-refractivity contribution is -0.154. The molecule has 15 nitrogen and oxygen atoms in total. The van der Waals surface area contributed by atoms with Crippen LogP contribution in [0.2, 0.25) is 5.02 Å². The number of carbonyl (C=O) groups excluding carboxylic acids is 3. The number of hydrogen-bond acceptors (Lipinski definition) is 12. The van der Waals surface area contributed by atoms with E-state index in [0.717, 1.165) is 10.5 Å². The summed E-state index contributed by atoms with van der Waals surface area (Å²) in [6, 6.07) is 10.5. The summed E-state index contributed by atoms with van der Waals surface area (Å²) < 4.78 is 75.4. The molecule has 4 N–H and O–H groups in total. The minimum atomic E-state index is -4.64. The first kappa shape index (κ1) is 41.3. The lowest BCUT2D eigenvalue weighted by atomic mass is 10.1. The van der Waals surface area contributed by atoms with Crippen molar-refractivity contribution >= 4 is 57.1 Å². The maximum Gasteiger partial charge on any atom is 0.422 e. The number of benzene rings is 2. The minimum Gasteiger partial charge on any atom is -0.454 e. The van der Waals surface area contributed by atoms with Gasteiger partial charge in [0.15, 0.2) is 6.61 Å². The monoisotopic (exact) mass is 810 g/mol. The summed E-state index contributed by atoms with van der Waals surface area (Å²) in [6.45, 7) is 7.42. The number of alkyl halides is 3. The molecule has 2 heterocycles. The van der Waals surface area contributed by atoms with Crippen LogP contribution in [0.3, 0.4) is 0 Å². The fourth-order valence-corrected chi connectivity index (χ4v) is 6.27. The van der Waals surface area contributed by atoms with E-state index >= 15 is 0 Å². The third kappa shape index (κ3) is 10.9. The number of anilines is 3. The van der Waals surface area contributed by atoms with E-state index < -0.39 is 74.7 Å². The quantitative estimate of drug-likeness (QED) is 0.186. The van der Waals surface area contributed by atoms with Crippen molar-refractivity contribution in [2.75, 3.05) is 23.8 Å². The van der Waals surface area contributed by atoms with Crippen LogP contribution in [0.1, 0.15) is 76.7 Å². The van der Waals surface area contributed by atoms with Crippen LogP contribution in [0.25, 0.3) is 0 Å². The van der Waals surface area contributed by atoms with Gasteiger partial charge in [0.1, 0.15) is 11.6 Å². The topological polar surface area (TPSA) is 194 Å². The number of amides is 3. The molecular weight excluding hydrogens is 769 g/mol. The summed E-state index contributed by atoms with van der Waals surface area (Å²) >= 11 is 6.04. The Morgan fingerprint density at radius 1 is 0.927 bits per heavy atom. The number of likely N-dealkylation sites (tertiary alicyclic amines) is 1. The predicted molar refractivity (Wildman–Crippen MR) is 197 cm³/mol. The molecule has 2 aliphatic rings. The lowest BCUT2D eigenvalue weighted by Crippen LogP contribution is -2.51. The van der Waals surface area contributed by atoms with Gasteiger partial charge in [0.25, 0.3) is 11.8 Å². The SMILES string of the molecule is CC(C)(C)OC(=O)N1C[C@@H](NC(=O)c2ccc(Nc3nc(NC4(c5ccc(Cl)cc5)CC4)nc(OCC(F)(F)F)n3)cc2)C[C@@H]1C(=O)NS(=O)(=O)C(C)(C)C. The molecule has 0 bridgehead atoms. The van der Waals surface area contributed by atoms with Crippen molar-refractivity contribution in [3.63, 3.8) is 0 Å². The van der Waals surface area contributed by atoms with E-state index in [0.29, 0.717) is 23.6 Å². The zero-order valence-corrected chi connectivity index (χ0v) is 32.4. The minimum absolute atomic E-state index is 0.0295. The van der Waals surface area contributed by atoms with E-state index in [2.05, 4.69) is 30.9 Å². The van der Waals surface area contributed by atoms with E-state index in [1.54, 1.807) is 32.9 Å². The summed E-state index contributed by atoms with van der Waals surface area (Å²) in [5, 5.41) is 9.41. The van der Waals surface area contributed by atoms with Gasteiger partial charge in [0.05, 0.1) is 10.3 Å². The molecule has 5 rings (SSSR count). The molecule has 0 unspecified atom stereocenters. The zero-order chi connectivity index (χ0) is 40.6. The average Bonchev–Trinajstić information content (AvgIpc) is 3.71. The van der Waals surface area contributed by atoms with Gasteiger partial charge in [-0.25, -0.2) is 13.2 Å². The van der Waals surface area contributed by atoms with Gasteiger partial charge in [-0.3, -0.25) is 19.2 Å². The van der Waals surface area contributed by atoms with Gasteiger partial charge in [0, 0.05) is 28.9 Å². The van der Waals surface area contributed by atoms with Gasteiger partial charge in [-0.05, 0) is 103 Å². The molecule has 298 valence electrons. The van der Waals surface area contributed by atoms with Crippen molar-refractivity contribution < 1.29 is 45.4 Å². The van der Waals surface area contributed by atoms with Crippen LogP contribution in [-0.2, 0) is 25.1 Å². The van der Waals surface area contributed by atoms with Gasteiger partial charge >= 0.3 is 18.3 Å². The molecule has 3 amide bonds. The Labute approximate surface area is 321 Å². The number of nitrogens with one attached hydrogen (secondary N) is 4. The molecule has 20 heteroatoms. The van der Waals surface area contributed by atoms with Crippen molar-refractivity contribution in [2.24, 2.45) is 0 Å². The number of ether oxygens (including phenoxy) is 2. The largest absolute Gasteiger partial charge is 0.454 e. The molecule has 1 aliphatic heterocycles. The first-order valence-corrected chi connectivity index (χ1v) is 19.0. The van der Waals surface area contributed by atoms with E-state index in [-0.39, 0.29) is 30.4 Å². The molecule has 2 aromatic carbocycles. The van der Waals surface area contributed by atoms with Gasteiger partial charge in [-0.15, -0.1) is 0 Å². The molecule has 2 atom stereocenters. The van der Waals surface area contributed by atoms with Crippen LogP contribution in [0.5, 0.6) is 6.01 Å². The molecule has 1 saturated heterocycles. The summed E-state index contributed by atoms with van der Waals surface area (Å²) in [5.74, 6) is -1.66. The smallest absolute Gasteiger partial charge is 0.422 e. The van der Waals surface area contributed by atoms with E-state index in [4.69, 9.17) is 21.1 Å². The number of rotatable bonds is 11. The van der Waals surface area contributed by atoms with Crippen molar-refractivity contribution in [1.29, 1.82) is 0 Å². The maximum absolute atomic E-state index is 13.3. The number of hydrogen-bond donors (Lipinski definition) is 4. The third-order valence-electron chi connectivity index (χ3n) is 8.49. The van der Waals surface area contributed by atoms with Crippen LogP contribution in [0, 0.1) is 0 Å². The highest BCUT2D eigenvalue weighted by molar-refractivity contribution is 7.91. The van der Waals surface area contributed by atoms with Crippen molar-refractivity contribution in [3.05, 3.63) is 64.7 Å². The Hall–Kier alpha value is -4.91. The summed E-state index contributed by atoms with van der Waals surface area (Å²) in [4.78, 5) is 53.1. The maximum atomic E-state index is 13.3. The fourth-order valence-electron chi connectivity index (χ4n) is 5.44. The summed E-state index contributed by atoms with van der Waals surface area (Å²) in [6.07, 6.45) is -4.17. The van der Waals surface area contributed by atoms with Crippen molar-refractivity contribution in [1.82, 2.24) is 29.9 Å². The number of aromatic nitrogens is 3. The molecule has 55 heavy (non-hydrogen) atoms. The lowest BCUT2D eigenvalue weighted by Gasteiger charge is -2.28. The second kappa shape index (κ2) is 15.3. The average molecular weight is 811 g/mol. The number of carbonyl (C=O) groups is 3. The van der Waals surface area contributed by atoms with E-state index in [1.165, 1.54) is 45.0 Å². The molecule has 1 aliphatic carbocycles. The van der Waals surface area contributed by atoms with Crippen molar-refractivity contribution in [3.8, 4) is 6.01 Å². The Morgan fingerprint density at radius 3 is 2.11 bits per heavy atom. The first-order valence-electron chi connectivity index (χ1n) is 17.2. The van der Waals surface area contributed by atoms with Crippen molar-refractivity contribution in [2.45, 2.75) is 95.0 Å². The molecule has 0 spiro atoms. The van der Waals surface area contributed by atoms with Gasteiger partial charge in [0.2, 0.25) is 21.9 Å². The number of nitrogens with zero attached hydrogens (tertiary/aromatic N) is 4. The predicted octanol–water partition coefficient (Wildman–Crippen LogP) is 5.66. The van der Waals surface area contributed by atoms with Crippen LogP contribution in [0.4, 0.5) is 35.5 Å². The Morgan fingerprint density at radius 2 is 1.55 bits per heavy atom. The number of halogens is 4. The second-order valence-corrected chi connectivity index (χ2v) is 18.1. The Kier molecular flexibility index (Phi) is 11.5. The highest BCUT2D eigenvalue weighted by Crippen LogP contribution is 2.48. The molecule has 3 aromatic rings. The molecule has 0 radical (unpaired) electrons. The Balaban J connectivity index is 1.29. The highest BCUT2D eigenvalue weighted by atomic mass is 35.5. The van der Waals surface area contributed by atoms with E-state index in [1.807, 2.05) is 16.9 Å². The molecule has 2 fully saturated rings. The van der Waals surface area contributed by atoms with Gasteiger partial charge in [-0.2, -0.15) is 28.1 Å². The number of sulfonamides is 1. The van der Waals surface area contributed by atoms with Crippen LogP contribution in [-0.4, -0.2) is 87.9 Å². The standard InChI is InChI=1S/C35H42ClF3N8O7S/c1-32(2,3)54-31(50)47-18-24(17-25(47)27(49)46-55(51,52)33(4,5)6)40-26(48)20-7-13-23(14-8-20)41-28-42-29(44-30(43-28)53-19-35(37,38)39)45-34(15-16-34)21-9-11-22(36)12-10-21/h7-14,24-25H,15-19H2,1-6H3,(H,40,48)(H,46,49)(H2,41,42,43,44,45)/t24-,25+/m0/s1. The van der Waals surface area contributed by atoms with Crippen LogP contribution in [0.15, 0.2) is 48.5 Å². The Bertz CT molecular complexity index is 2020. The van der Waals surface area contributed by atoms with Crippen LogP contribution < -0.4 is 25.4 Å². The third-order valence-corrected chi connectivity index (χ3v) is 10.8. The summed E-state index contributed by atoms with van der Waals surface area (Å²) in [5.41, 5.74) is -0.0376. The fraction of sp³-hybridized carbons (Fsp3) is 0.486. The van der Waals surface area contributed by atoms with Crippen LogP contribution >= 0.6 is 11.6 Å². The zero-order valence-electron chi connectivity index (χ0n) is 30.9. The van der Waals surface area contributed by atoms with Gasteiger partial charge < -0.3 is 25.4 Å².